The number of nitrogens with one attached hydrogen (secondary N) is 1. The lowest BCUT2D eigenvalue weighted by Crippen LogP contribution is -2.24. The highest BCUT2D eigenvalue weighted by Crippen LogP contribution is 2.17. The topological polar surface area (TPSA) is 59.9 Å². The number of hydrazone groups is 1. The average molecular weight is 411 g/mol. The Kier molecular flexibility index (Phi) is 11.1. The van der Waals surface area contributed by atoms with Gasteiger partial charge in [0.15, 0.2) is 6.61 Å². The van der Waals surface area contributed by atoms with E-state index in [1.807, 2.05) is 48.5 Å². The Morgan fingerprint density at radius 1 is 0.933 bits per heavy atom. The van der Waals surface area contributed by atoms with E-state index in [0.29, 0.717) is 12.4 Å². The van der Waals surface area contributed by atoms with E-state index < -0.39 is 0 Å². The standard InChI is InChI=1S/C25H34N2O3/c1-3-5-7-10-18-29-24-13-9-8-12-22(24)19-26-27-25(28)20-30-23-16-14-21(15-17-23)11-6-4-2/h8-9,12-17,19H,3-7,10-11,18,20H2,1-2H3,(H,27,28). The summed E-state index contributed by atoms with van der Waals surface area (Å²) in [6, 6.07) is 15.6. The molecule has 0 bridgehead atoms. The van der Waals surface area contributed by atoms with E-state index >= 15 is 0 Å². The smallest absolute Gasteiger partial charge is 0.277 e. The van der Waals surface area contributed by atoms with Crippen molar-refractivity contribution < 1.29 is 14.3 Å². The number of aryl methyl sites for hydroxylation is 1. The number of carbonyl (C=O) groups is 1. The Bertz CT molecular complexity index is 772. The molecule has 2 rings (SSSR count). The fraction of sp³-hybridized carbons (Fsp3) is 0.440. The van der Waals surface area contributed by atoms with E-state index in [1.165, 1.54) is 37.7 Å². The fourth-order valence-corrected chi connectivity index (χ4v) is 2.92. The van der Waals surface area contributed by atoms with Crippen LogP contribution in [-0.4, -0.2) is 25.3 Å². The van der Waals surface area contributed by atoms with Gasteiger partial charge in [-0.15, -0.1) is 0 Å². The molecule has 5 nitrogen and oxygen atoms in total. The Morgan fingerprint density at radius 3 is 2.47 bits per heavy atom. The number of unbranched alkanes of at least 4 members (excludes halogenated alkanes) is 4. The molecule has 0 aromatic heterocycles. The van der Waals surface area contributed by atoms with E-state index in [2.05, 4.69) is 24.4 Å². The van der Waals surface area contributed by atoms with Crippen LogP contribution >= 0.6 is 0 Å². The first-order valence-corrected chi connectivity index (χ1v) is 11.0. The molecule has 0 radical (unpaired) electrons. The molecule has 162 valence electrons. The molecule has 5 heteroatoms. The molecule has 2 aromatic rings. The summed E-state index contributed by atoms with van der Waals surface area (Å²) in [4.78, 5) is 12.0. The van der Waals surface area contributed by atoms with E-state index in [-0.39, 0.29) is 12.5 Å². The lowest BCUT2D eigenvalue weighted by molar-refractivity contribution is -0.123. The summed E-state index contributed by atoms with van der Waals surface area (Å²) in [5.74, 6) is 1.14. The van der Waals surface area contributed by atoms with Crippen molar-refractivity contribution in [3.63, 3.8) is 0 Å². The second kappa shape index (κ2) is 14.2. The minimum Gasteiger partial charge on any atom is -0.493 e. The third kappa shape index (κ3) is 9.12. The summed E-state index contributed by atoms with van der Waals surface area (Å²) in [5, 5.41) is 4.04. The number of para-hydroxylation sites is 1. The first kappa shape index (κ1) is 23.5. The molecule has 0 aliphatic heterocycles. The number of rotatable bonds is 14. The normalized spacial score (nSPS) is 10.9. The van der Waals surface area contributed by atoms with Crippen LogP contribution in [0.3, 0.4) is 0 Å². The van der Waals surface area contributed by atoms with Crippen LogP contribution in [-0.2, 0) is 11.2 Å². The van der Waals surface area contributed by atoms with Gasteiger partial charge >= 0.3 is 0 Å². The highest BCUT2D eigenvalue weighted by Gasteiger charge is 2.03. The van der Waals surface area contributed by atoms with Crippen LogP contribution in [0.15, 0.2) is 53.6 Å². The maximum atomic E-state index is 12.0. The van der Waals surface area contributed by atoms with E-state index in [0.717, 1.165) is 24.2 Å². The second-order valence-electron chi connectivity index (χ2n) is 7.28. The first-order chi connectivity index (χ1) is 14.7. The van der Waals surface area contributed by atoms with Crippen molar-refractivity contribution in [3.8, 4) is 11.5 Å². The summed E-state index contributed by atoms with van der Waals surface area (Å²) >= 11 is 0. The molecule has 0 spiro atoms. The molecule has 1 N–H and O–H groups in total. The number of amides is 1. The molecule has 0 saturated carbocycles. The molecule has 0 fully saturated rings. The van der Waals surface area contributed by atoms with Gasteiger partial charge in [0.2, 0.25) is 0 Å². The van der Waals surface area contributed by atoms with Gasteiger partial charge in [-0.2, -0.15) is 5.10 Å². The number of nitrogens with zero attached hydrogens (tertiary/aromatic N) is 1. The summed E-state index contributed by atoms with van der Waals surface area (Å²) in [6.07, 6.45) is 9.65. The molecule has 30 heavy (non-hydrogen) atoms. The van der Waals surface area contributed by atoms with Crippen LogP contribution in [0.4, 0.5) is 0 Å². The lowest BCUT2D eigenvalue weighted by atomic mass is 10.1. The predicted molar refractivity (Wildman–Crippen MR) is 122 cm³/mol. The molecule has 0 aliphatic rings. The summed E-state index contributed by atoms with van der Waals surface area (Å²) in [5.41, 5.74) is 4.61. The monoisotopic (exact) mass is 410 g/mol. The van der Waals surface area contributed by atoms with Crippen LogP contribution in [0.1, 0.15) is 63.5 Å². The largest absolute Gasteiger partial charge is 0.493 e. The van der Waals surface area contributed by atoms with Gasteiger partial charge in [0, 0.05) is 5.56 Å². The van der Waals surface area contributed by atoms with E-state index in [1.54, 1.807) is 6.21 Å². The van der Waals surface area contributed by atoms with Crippen molar-refractivity contribution in [1.29, 1.82) is 0 Å². The van der Waals surface area contributed by atoms with E-state index in [4.69, 9.17) is 9.47 Å². The van der Waals surface area contributed by atoms with Crippen LogP contribution < -0.4 is 14.9 Å². The third-order valence-corrected chi connectivity index (χ3v) is 4.68. The quantitative estimate of drug-likeness (QED) is 0.253. The minimum absolute atomic E-state index is 0.0821. The number of carbonyl (C=O) groups excluding carboxylic acids is 1. The number of benzene rings is 2. The Labute approximate surface area is 180 Å². The first-order valence-electron chi connectivity index (χ1n) is 11.0. The van der Waals surface area contributed by atoms with Crippen molar-refractivity contribution in [2.24, 2.45) is 5.10 Å². The van der Waals surface area contributed by atoms with Crippen molar-refractivity contribution in [2.45, 2.75) is 58.8 Å². The molecular weight excluding hydrogens is 376 g/mol. The van der Waals surface area contributed by atoms with Crippen molar-refractivity contribution >= 4 is 12.1 Å². The number of hydrogen-bond donors (Lipinski definition) is 1. The van der Waals surface area contributed by atoms with Crippen molar-refractivity contribution in [3.05, 3.63) is 59.7 Å². The molecule has 0 saturated heterocycles. The summed E-state index contributed by atoms with van der Waals surface area (Å²) < 4.78 is 11.4. The molecule has 0 heterocycles. The van der Waals surface area contributed by atoms with Gasteiger partial charge in [0.05, 0.1) is 12.8 Å². The van der Waals surface area contributed by atoms with Gasteiger partial charge in [-0.3, -0.25) is 4.79 Å². The highest BCUT2D eigenvalue weighted by molar-refractivity contribution is 5.85. The second-order valence-corrected chi connectivity index (χ2v) is 7.28. The third-order valence-electron chi connectivity index (χ3n) is 4.68. The summed E-state index contributed by atoms with van der Waals surface area (Å²) in [7, 11) is 0. The Hall–Kier alpha value is -2.82. The number of hydrogen-bond acceptors (Lipinski definition) is 4. The summed E-state index contributed by atoms with van der Waals surface area (Å²) in [6.45, 7) is 4.97. The van der Waals surface area contributed by atoms with Crippen molar-refractivity contribution in [2.75, 3.05) is 13.2 Å². The molecule has 0 unspecified atom stereocenters. The van der Waals surface area contributed by atoms with E-state index in [9.17, 15) is 4.79 Å². The number of ether oxygens (including phenoxy) is 2. The van der Waals surface area contributed by atoms with Gasteiger partial charge in [0.25, 0.3) is 5.91 Å². The van der Waals surface area contributed by atoms with Gasteiger partial charge in [-0.25, -0.2) is 5.43 Å². The minimum atomic E-state index is -0.306. The van der Waals surface area contributed by atoms with Crippen molar-refractivity contribution in [1.82, 2.24) is 5.43 Å². The fourth-order valence-electron chi connectivity index (χ4n) is 2.92. The molecular formula is C25H34N2O3. The van der Waals surface area contributed by atoms with Crippen LogP contribution in [0.2, 0.25) is 0 Å². The van der Waals surface area contributed by atoms with Gasteiger partial charge in [-0.05, 0) is 49.1 Å². The highest BCUT2D eigenvalue weighted by atomic mass is 16.5. The average Bonchev–Trinajstić information content (AvgIpc) is 2.78. The van der Waals surface area contributed by atoms with Gasteiger partial charge < -0.3 is 9.47 Å². The van der Waals surface area contributed by atoms with Gasteiger partial charge in [-0.1, -0.05) is 63.8 Å². The predicted octanol–water partition coefficient (Wildman–Crippen LogP) is 5.52. The van der Waals surface area contributed by atoms with Crippen LogP contribution in [0, 0.1) is 0 Å². The maximum absolute atomic E-state index is 12.0. The van der Waals surface area contributed by atoms with Gasteiger partial charge in [0.1, 0.15) is 11.5 Å². The molecule has 0 aliphatic carbocycles. The molecule has 2 aromatic carbocycles. The Balaban J connectivity index is 1.75. The lowest BCUT2D eigenvalue weighted by Gasteiger charge is -2.09. The zero-order chi connectivity index (χ0) is 21.4. The molecule has 0 atom stereocenters. The Morgan fingerprint density at radius 2 is 1.70 bits per heavy atom. The van der Waals surface area contributed by atoms with Crippen LogP contribution in [0.5, 0.6) is 11.5 Å². The zero-order valence-electron chi connectivity index (χ0n) is 18.2. The zero-order valence-corrected chi connectivity index (χ0v) is 18.2. The SMILES string of the molecule is CCCCCCOc1ccccc1C=NNC(=O)COc1ccc(CCCC)cc1. The molecule has 1 amide bonds. The maximum Gasteiger partial charge on any atom is 0.277 e. The van der Waals surface area contributed by atoms with Crippen LogP contribution in [0.25, 0.3) is 0 Å².